The maximum absolute atomic E-state index is 12.2. The summed E-state index contributed by atoms with van der Waals surface area (Å²) in [6.07, 6.45) is 1.77. The normalized spacial score (nSPS) is 10.7. The molecule has 1 heterocycles. The number of pyridine rings is 1. The lowest BCUT2D eigenvalue weighted by Gasteiger charge is -2.05. The predicted octanol–water partition coefficient (Wildman–Crippen LogP) is 4.86. The summed E-state index contributed by atoms with van der Waals surface area (Å²) in [6, 6.07) is 16.9. The van der Waals surface area contributed by atoms with Crippen molar-refractivity contribution in [3.8, 4) is 0 Å². The van der Waals surface area contributed by atoms with Crippen molar-refractivity contribution in [1.82, 2.24) is 4.98 Å². The molecule has 0 amide bonds. The van der Waals surface area contributed by atoms with Crippen molar-refractivity contribution in [1.29, 1.82) is 0 Å². The minimum absolute atomic E-state index is 0.0876. The van der Waals surface area contributed by atoms with Crippen LogP contribution >= 0.6 is 23.4 Å². The number of rotatable bonds is 4. The molecule has 1 aromatic heterocycles. The minimum Gasteiger partial charge on any atom is -0.293 e. The van der Waals surface area contributed by atoms with Crippen molar-refractivity contribution in [3.63, 3.8) is 0 Å². The average molecular weight is 314 g/mol. The largest absolute Gasteiger partial charge is 0.293 e. The Kier molecular flexibility index (Phi) is 4.23. The SMILES string of the molecule is O=C(CSc1cccc2cccnc12)c1ccc(Cl)cc1. The Balaban J connectivity index is 1.77. The Hall–Kier alpha value is -1.84. The van der Waals surface area contributed by atoms with Crippen LogP contribution in [0.3, 0.4) is 0 Å². The summed E-state index contributed by atoms with van der Waals surface area (Å²) in [5, 5.41) is 1.72. The zero-order chi connectivity index (χ0) is 14.7. The maximum atomic E-state index is 12.2. The highest BCUT2D eigenvalue weighted by Crippen LogP contribution is 2.26. The fourth-order valence-corrected chi connectivity index (χ4v) is 3.12. The summed E-state index contributed by atoms with van der Waals surface area (Å²) in [6.45, 7) is 0. The molecule has 0 spiro atoms. The average Bonchev–Trinajstić information content (AvgIpc) is 2.53. The van der Waals surface area contributed by atoms with E-state index >= 15 is 0 Å². The minimum atomic E-state index is 0.0876. The van der Waals surface area contributed by atoms with Gasteiger partial charge in [0.2, 0.25) is 0 Å². The number of carbonyl (C=O) groups excluding carboxylic acids is 1. The van der Waals surface area contributed by atoms with Crippen molar-refractivity contribution in [2.24, 2.45) is 0 Å². The molecule has 104 valence electrons. The number of thioether (sulfide) groups is 1. The van der Waals surface area contributed by atoms with Gasteiger partial charge in [-0.1, -0.05) is 29.8 Å². The van der Waals surface area contributed by atoms with Crippen molar-refractivity contribution in [3.05, 3.63) is 71.4 Å². The van der Waals surface area contributed by atoms with Crippen LogP contribution < -0.4 is 0 Å². The first-order valence-electron chi connectivity index (χ1n) is 6.49. The highest BCUT2D eigenvalue weighted by Gasteiger charge is 2.08. The molecular weight excluding hydrogens is 302 g/mol. The van der Waals surface area contributed by atoms with Crippen LogP contribution in [0.15, 0.2) is 65.7 Å². The number of hydrogen-bond donors (Lipinski definition) is 0. The zero-order valence-electron chi connectivity index (χ0n) is 11.1. The van der Waals surface area contributed by atoms with E-state index in [0.29, 0.717) is 16.3 Å². The molecular formula is C17H12ClNOS. The molecule has 0 unspecified atom stereocenters. The van der Waals surface area contributed by atoms with Gasteiger partial charge in [0.25, 0.3) is 0 Å². The van der Waals surface area contributed by atoms with Gasteiger partial charge in [0.1, 0.15) is 0 Å². The van der Waals surface area contributed by atoms with Crippen LogP contribution in [-0.4, -0.2) is 16.5 Å². The molecule has 3 aromatic rings. The Morgan fingerprint density at radius 2 is 1.81 bits per heavy atom. The molecule has 0 fully saturated rings. The van der Waals surface area contributed by atoms with Crippen LogP contribution in [0.2, 0.25) is 5.02 Å². The molecule has 0 aliphatic heterocycles. The zero-order valence-corrected chi connectivity index (χ0v) is 12.7. The van der Waals surface area contributed by atoms with E-state index in [-0.39, 0.29) is 5.78 Å². The Bertz CT molecular complexity index is 781. The van der Waals surface area contributed by atoms with Crippen molar-refractivity contribution >= 4 is 40.0 Å². The number of ketones is 1. The third-order valence-corrected chi connectivity index (χ3v) is 4.42. The van der Waals surface area contributed by atoms with Crippen LogP contribution in [0.4, 0.5) is 0 Å². The molecule has 0 radical (unpaired) electrons. The van der Waals surface area contributed by atoms with Gasteiger partial charge in [0.15, 0.2) is 5.78 Å². The molecule has 21 heavy (non-hydrogen) atoms. The maximum Gasteiger partial charge on any atom is 0.173 e. The van der Waals surface area contributed by atoms with Gasteiger partial charge < -0.3 is 0 Å². The van der Waals surface area contributed by atoms with Gasteiger partial charge >= 0.3 is 0 Å². The third kappa shape index (κ3) is 3.26. The lowest BCUT2D eigenvalue weighted by Crippen LogP contribution is -2.02. The standard InChI is InChI=1S/C17H12ClNOS/c18-14-8-6-12(7-9-14)15(20)11-21-16-5-1-3-13-4-2-10-19-17(13)16/h1-10H,11H2. The number of nitrogens with zero attached hydrogens (tertiary/aromatic N) is 1. The lowest BCUT2D eigenvalue weighted by molar-refractivity contribution is 0.102. The van der Waals surface area contributed by atoms with Crippen molar-refractivity contribution < 1.29 is 4.79 Å². The van der Waals surface area contributed by atoms with Gasteiger partial charge in [-0.2, -0.15) is 0 Å². The van der Waals surface area contributed by atoms with E-state index in [1.54, 1.807) is 30.5 Å². The van der Waals surface area contributed by atoms with Gasteiger partial charge in [0, 0.05) is 27.1 Å². The van der Waals surface area contributed by atoms with E-state index in [2.05, 4.69) is 4.98 Å². The lowest BCUT2D eigenvalue weighted by atomic mass is 10.1. The summed E-state index contributed by atoms with van der Waals surface area (Å²) in [5.41, 5.74) is 1.62. The summed E-state index contributed by atoms with van der Waals surface area (Å²) < 4.78 is 0. The molecule has 0 aliphatic carbocycles. The van der Waals surface area contributed by atoms with Crippen LogP contribution in [0.5, 0.6) is 0 Å². The highest BCUT2D eigenvalue weighted by atomic mass is 35.5. The fourth-order valence-electron chi connectivity index (χ4n) is 2.06. The van der Waals surface area contributed by atoms with E-state index in [1.807, 2.05) is 30.3 Å². The molecule has 0 N–H and O–H groups in total. The van der Waals surface area contributed by atoms with Crippen LogP contribution in [-0.2, 0) is 0 Å². The van der Waals surface area contributed by atoms with E-state index in [1.165, 1.54) is 11.8 Å². The summed E-state index contributed by atoms with van der Waals surface area (Å²) >= 11 is 7.34. The predicted molar refractivity (Wildman–Crippen MR) is 88.2 cm³/mol. The van der Waals surface area contributed by atoms with E-state index in [9.17, 15) is 4.79 Å². The first-order valence-corrected chi connectivity index (χ1v) is 7.86. The number of benzene rings is 2. The smallest absolute Gasteiger partial charge is 0.173 e. The van der Waals surface area contributed by atoms with Gasteiger partial charge in [-0.3, -0.25) is 9.78 Å². The highest BCUT2D eigenvalue weighted by molar-refractivity contribution is 8.00. The molecule has 4 heteroatoms. The summed E-state index contributed by atoms with van der Waals surface area (Å²) in [5.74, 6) is 0.474. The van der Waals surface area contributed by atoms with Gasteiger partial charge in [0.05, 0.1) is 11.3 Å². The molecule has 0 bridgehead atoms. The van der Waals surface area contributed by atoms with Crippen molar-refractivity contribution in [2.75, 3.05) is 5.75 Å². The van der Waals surface area contributed by atoms with E-state index < -0.39 is 0 Å². The monoisotopic (exact) mass is 313 g/mol. The first-order chi connectivity index (χ1) is 10.2. The molecule has 0 saturated heterocycles. The van der Waals surface area contributed by atoms with E-state index in [0.717, 1.165) is 15.8 Å². The third-order valence-electron chi connectivity index (χ3n) is 3.12. The molecule has 0 atom stereocenters. The number of fused-ring (bicyclic) bond motifs is 1. The van der Waals surface area contributed by atoms with Crippen LogP contribution in [0.1, 0.15) is 10.4 Å². The molecule has 2 nitrogen and oxygen atoms in total. The van der Waals surface area contributed by atoms with Crippen LogP contribution in [0, 0.1) is 0 Å². The molecule has 3 rings (SSSR count). The molecule has 0 aliphatic rings. The molecule has 0 saturated carbocycles. The topological polar surface area (TPSA) is 30.0 Å². The summed E-state index contributed by atoms with van der Waals surface area (Å²) in [4.78, 5) is 17.6. The number of Topliss-reactive ketones (excluding diaryl/α,β-unsaturated/α-hetero) is 1. The Morgan fingerprint density at radius 1 is 1.05 bits per heavy atom. The number of hydrogen-bond acceptors (Lipinski definition) is 3. The Labute approximate surface area is 132 Å². The number of para-hydroxylation sites is 1. The first kappa shape index (κ1) is 14.1. The number of carbonyl (C=O) groups is 1. The van der Waals surface area contributed by atoms with Gasteiger partial charge in [-0.05, 0) is 36.4 Å². The van der Waals surface area contributed by atoms with Gasteiger partial charge in [-0.15, -0.1) is 11.8 Å². The Morgan fingerprint density at radius 3 is 2.62 bits per heavy atom. The second-order valence-electron chi connectivity index (χ2n) is 4.55. The van der Waals surface area contributed by atoms with E-state index in [4.69, 9.17) is 11.6 Å². The number of halogens is 1. The molecule has 2 aromatic carbocycles. The second-order valence-corrected chi connectivity index (χ2v) is 6.00. The van der Waals surface area contributed by atoms with Crippen LogP contribution in [0.25, 0.3) is 10.9 Å². The number of aromatic nitrogens is 1. The van der Waals surface area contributed by atoms with Crippen molar-refractivity contribution in [2.45, 2.75) is 4.90 Å². The fraction of sp³-hybridized carbons (Fsp3) is 0.0588. The van der Waals surface area contributed by atoms with Gasteiger partial charge in [-0.25, -0.2) is 0 Å². The quantitative estimate of drug-likeness (QED) is 0.509. The summed E-state index contributed by atoms with van der Waals surface area (Å²) in [7, 11) is 0. The second kappa shape index (κ2) is 6.29.